The summed E-state index contributed by atoms with van der Waals surface area (Å²) in [5.41, 5.74) is 0.923. The van der Waals surface area contributed by atoms with Gasteiger partial charge in [0.25, 0.3) is 0 Å². The van der Waals surface area contributed by atoms with Crippen molar-refractivity contribution in [2.75, 3.05) is 11.9 Å². The van der Waals surface area contributed by atoms with Gasteiger partial charge in [0.2, 0.25) is 5.91 Å². The lowest BCUT2D eigenvalue weighted by Gasteiger charge is -2.33. The molecule has 1 fully saturated rings. The average Bonchev–Trinajstić information content (AvgIpc) is 2.79. The maximum atomic E-state index is 11.5. The number of carbonyl (C=O) groups is 2. The summed E-state index contributed by atoms with van der Waals surface area (Å²) in [5.74, 6) is -1.23. The van der Waals surface area contributed by atoms with Crippen LogP contribution in [0.1, 0.15) is 6.42 Å². The molecule has 2 aliphatic heterocycles. The van der Waals surface area contributed by atoms with E-state index in [9.17, 15) is 14.7 Å². The molecule has 8 heteroatoms. The first-order valence-electron chi connectivity index (χ1n) is 6.61. The van der Waals surface area contributed by atoms with Crippen LogP contribution in [0.4, 0.5) is 5.69 Å². The number of anilines is 1. The summed E-state index contributed by atoms with van der Waals surface area (Å²) in [5, 5.41) is 15.6. The number of carbonyl (C=O) groups excluding carboxylic acids is 1. The number of para-hydroxylation sites is 1. The molecule has 3 N–H and O–H groups in total. The smallest absolute Gasteiger partial charge is 0.353 e. The van der Waals surface area contributed by atoms with Crippen molar-refractivity contribution in [2.45, 2.75) is 11.8 Å². The molecule has 3 rings (SSSR count). The van der Waals surface area contributed by atoms with Gasteiger partial charge in [-0.15, -0.1) is 11.8 Å². The fourth-order valence-corrected chi connectivity index (χ4v) is 3.84. The first-order chi connectivity index (χ1) is 10.6. The Labute approximate surface area is 136 Å². The molecule has 6 nitrogen and oxygen atoms in total. The van der Waals surface area contributed by atoms with Crippen LogP contribution in [0.2, 0.25) is 0 Å². The van der Waals surface area contributed by atoms with Crippen LogP contribution in [-0.4, -0.2) is 38.9 Å². The molecule has 0 radical (unpaired) electrons. The van der Waals surface area contributed by atoms with Crippen molar-refractivity contribution in [1.82, 2.24) is 10.2 Å². The van der Waals surface area contributed by atoms with Crippen molar-refractivity contribution in [3.8, 4) is 0 Å². The molecule has 0 aliphatic carbocycles. The van der Waals surface area contributed by atoms with Gasteiger partial charge in [-0.25, -0.2) is 4.79 Å². The first kappa shape index (κ1) is 14.9. The standard InChI is InChI=1S/C14H13N3O3S2/c18-10-6-11-17(10)12(13(19)20)9(22-11)7-15-14(21)16-8-4-2-1-3-5-8/h1-5,11H,6-7H2,(H,19,20)(H2,15,16,21)/t11-/m1/s1. The van der Waals surface area contributed by atoms with Crippen molar-refractivity contribution in [3.63, 3.8) is 0 Å². The van der Waals surface area contributed by atoms with Gasteiger partial charge in [-0.1, -0.05) is 18.2 Å². The lowest BCUT2D eigenvalue weighted by molar-refractivity contribution is -0.145. The Morgan fingerprint density at radius 3 is 2.77 bits per heavy atom. The molecular weight excluding hydrogens is 322 g/mol. The minimum absolute atomic E-state index is 0.0706. The molecule has 114 valence electrons. The van der Waals surface area contributed by atoms with E-state index in [1.165, 1.54) is 16.7 Å². The van der Waals surface area contributed by atoms with E-state index in [2.05, 4.69) is 10.6 Å². The van der Waals surface area contributed by atoms with Gasteiger partial charge < -0.3 is 15.7 Å². The average molecular weight is 335 g/mol. The summed E-state index contributed by atoms with van der Waals surface area (Å²) < 4.78 is 0. The van der Waals surface area contributed by atoms with Crippen LogP contribution in [0.15, 0.2) is 40.9 Å². The highest BCUT2D eigenvalue weighted by atomic mass is 32.2. The summed E-state index contributed by atoms with van der Waals surface area (Å²) >= 11 is 6.59. The molecule has 1 aromatic rings. The molecular formula is C14H13N3O3S2. The number of nitrogens with one attached hydrogen (secondary N) is 2. The number of thioether (sulfide) groups is 1. The number of thiocarbonyl (C=S) groups is 1. The van der Waals surface area contributed by atoms with Gasteiger partial charge in [-0.2, -0.15) is 0 Å². The Kier molecular flexibility index (Phi) is 4.04. The van der Waals surface area contributed by atoms with Gasteiger partial charge in [0.05, 0.1) is 18.3 Å². The Morgan fingerprint density at radius 1 is 1.41 bits per heavy atom. The minimum Gasteiger partial charge on any atom is -0.477 e. The molecule has 1 amide bonds. The largest absolute Gasteiger partial charge is 0.477 e. The molecule has 2 aliphatic rings. The number of nitrogens with zero attached hydrogens (tertiary/aromatic N) is 1. The van der Waals surface area contributed by atoms with Crippen LogP contribution in [0.3, 0.4) is 0 Å². The second-order valence-electron chi connectivity index (χ2n) is 4.79. The first-order valence-corrected chi connectivity index (χ1v) is 7.90. The predicted molar refractivity (Wildman–Crippen MR) is 88.2 cm³/mol. The quantitative estimate of drug-likeness (QED) is 0.569. The maximum absolute atomic E-state index is 11.5. The molecule has 1 atom stereocenters. The molecule has 0 unspecified atom stereocenters. The third kappa shape index (κ3) is 2.79. The van der Waals surface area contributed by atoms with Crippen molar-refractivity contribution >= 4 is 46.7 Å². The van der Waals surface area contributed by atoms with Crippen LogP contribution >= 0.6 is 24.0 Å². The third-order valence-corrected chi connectivity index (χ3v) is 4.85. The molecule has 1 saturated heterocycles. The number of fused-ring (bicyclic) bond motifs is 1. The Morgan fingerprint density at radius 2 is 2.14 bits per heavy atom. The number of amides is 1. The van der Waals surface area contributed by atoms with Crippen LogP contribution in [-0.2, 0) is 9.59 Å². The summed E-state index contributed by atoms with van der Waals surface area (Å²) in [4.78, 5) is 24.8. The topological polar surface area (TPSA) is 81.7 Å². The number of β-lactam (4-membered cyclic amide) rings is 1. The SMILES string of the molecule is O=C(O)C1=C(CNC(=S)Nc2ccccc2)S[C@@H]2CC(=O)N12. The zero-order chi connectivity index (χ0) is 15.7. The fraction of sp³-hybridized carbons (Fsp3) is 0.214. The van der Waals surface area contributed by atoms with Crippen LogP contribution in [0.5, 0.6) is 0 Å². The summed E-state index contributed by atoms with van der Waals surface area (Å²) in [6, 6.07) is 9.44. The number of carboxylic acid groups (broad SMARTS) is 1. The number of hydrogen-bond acceptors (Lipinski definition) is 4. The van der Waals surface area contributed by atoms with Gasteiger partial charge in [-0.05, 0) is 24.4 Å². The van der Waals surface area contributed by atoms with Crippen LogP contribution < -0.4 is 10.6 Å². The van der Waals surface area contributed by atoms with E-state index in [0.717, 1.165) is 5.69 Å². The highest BCUT2D eigenvalue weighted by Crippen LogP contribution is 2.45. The summed E-state index contributed by atoms with van der Waals surface area (Å²) in [6.45, 7) is 0.283. The second-order valence-corrected chi connectivity index (χ2v) is 6.47. The van der Waals surface area contributed by atoms with Crippen molar-refractivity contribution in [1.29, 1.82) is 0 Å². The van der Waals surface area contributed by atoms with E-state index < -0.39 is 5.97 Å². The minimum atomic E-state index is -1.08. The maximum Gasteiger partial charge on any atom is 0.353 e. The summed E-state index contributed by atoms with van der Waals surface area (Å²) in [7, 11) is 0. The van der Waals surface area contributed by atoms with Crippen molar-refractivity contribution in [2.24, 2.45) is 0 Å². The molecule has 0 saturated carbocycles. The van der Waals surface area contributed by atoms with Gasteiger partial charge in [-0.3, -0.25) is 9.69 Å². The number of aliphatic carboxylic acids is 1. The van der Waals surface area contributed by atoms with Crippen molar-refractivity contribution in [3.05, 3.63) is 40.9 Å². The molecule has 0 spiro atoms. The van der Waals surface area contributed by atoms with Crippen molar-refractivity contribution < 1.29 is 14.7 Å². The Bertz CT molecular complexity index is 675. The fourth-order valence-electron chi connectivity index (χ4n) is 2.31. The Hall–Kier alpha value is -2.06. The van der Waals surface area contributed by atoms with E-state index in [1.807, 2.05) is 30.3 Å². The third-order valence-electron chi connectivity index (χ3n) is 3.33. The predicted octanol–water partition coefficient (Wildman–Crippen LogP) is 1.57. The van der Waals surface area contributed by atoms with Gasteiger partial charge in [0, 0.05) is 10.6 Å². The number of hydrogen-bond donors (Lipinski definition) is 3. The number of rotatable bonds is 4. The lowest BCUT2D eigenvalue weighted by Crippen LogP contribution is -2.48. The zero-order valence-corrected chi connectivity index (χ0v) is 13.0. The van der Waals surface area contributed by atoms with E-state index in [4.69, 9.17) is 12.2 Å². The highest BCUT2D eigenvalue weighted by molar-refractivity contribution is 8.04. The number of carboxylic acids is 1. The highest BCUT2D eigenvalue weighted by Gasteiger charge is 2.48. The van der Waals surface area contributed by atoms with Gasteiger partial charge in [0.1, 0.15) is 5.70 Å². The zero-order valence-electron chi connectivity index (χ0n) is 11.4. The summed E-state index contributed by atoms with van der Waals surface area (Å²) in [6.07, 6.45) is 0.387. The van der Waals surface area contributed by atoms with Crippen LogP contribution in [0.25, 0.3) is 0 Å². The second kappa shape index (κ2) is 5.98. The molecule has 22 heavy (non-hydrogen) atoms. The van der Waals surface area contributed by atoms with Crippen LogP contribution in [0, 0.1) is 0 Å². The molecule has 0 aromatic heterocycles. The molecule has 2 heterocycles. The molecule has 1 aromatic carbocycles. The molecule has 0 bridgehead atoms. The van der Waals surface area contributed by atoms with Gasteiger partial charge >= 0.3 is 5.97 Å². The van der Waals surface area contributed by atoms with E-state index in [1.54, 1.807) is 0 Å². The van der Waals surface area contributed by atoms with Gasteiger partial charge in [0.15, 0.2) is 5.11 Å². The monoisotopic (exact) mass is 335 g/mol. The normalized spacial score (nSPS) is 19.5. The van der Waals surface area contributed by atoms with E-state index >= 15 is 0 Å². The van der Waals surface area contributed by atoms with E-state index in [-0.39, 0.29) is 23.5 Å². The van der Waals surface area contributed by atoms with E-state index in [0.29, 0.717) is 16.4 Å². The lowest BCUT2D eigenvalue weighted by atomic mass is 10.1. The Balaban J connectivity index is 1.63. The number of benzene rings is 1.